The van der Waals surface area contributed by atoms with Gasteiger partial charge in [-0.05, 0) is 86.4 Å². The monoisotopic (exact) mass is 491 g/mol. The molecule has 3 heterocycles. The van der Waals surface area contributed by atoms with Gasteiger partial charge < -0.3 is 24.5 Å². The summed E-state index contributed by atoms with van der Waals surface area (Å²) in [6.45, 7) is 6.58. The Balaban J connectivity index is 1.27. The van der Waals surface area contributed by atoms with E-state index in [0.29, 0.717) is 28.7 Å². The molecule has 1 saturated heterocycles. The molecule has 2 aromatic carbocycles. The molecule has 2 aliphatic rings. The van der Waals surface area contributed by atoms with Crippen molar-refractivity contribution in [3.63, 3.8) is 0 Å². The van der Waals surface area contributed by atoms with Crippen molar-refractivity contribution in [2.75, 3.05) is 41.0 Å². The third-order valence-corrected chi connectivity index (χ3v) is 8.62. The molecule has 2 unspecified atom stereocenters. The molecule has 5 rings (SSSR count). The molecule has 1 aromatic heterocycles. The first-order valence-corrected chi connectivity index (χ1v) is 13.5. The fraction of sp³-hybridized carbons (Fsp3) is 0.533. The van der Waals surface area contributed by atoms with Crippen molar-refractivity contribution in [2.24, 2.45) is 5.41 Å². The van der Waals surface area contributed by atoms with E-state index in [4.69, 9.17) is 14.2 Å². The fourth-order valence-electron chi connectivity index (χ4n) is 6.84. The van der Waals surface area contributed by atoms with E-state index in [2.05, 4.69) is 46.4 Å². The highest BCUT2D eigenvalue weighted by Gasteiger charge is 2.46. The number of nitrogens with zero attached hydrogens (tertiary/aromatic N) is 1. The smallest absolute Gasteiger partial charge is 0.203 e. The van der Waals surface area contributed by atoms with Crippen LogP contribution in [-0.2, 0) is 13.0 Å². The molecule has 0 amide bonds. The molecule has 6 heteroatoms. The van der Waals surface area contributed by atoms with Gasteiger partial charge in [0.05, 0.1) is 27.4 Å². The highest BCUT2D eigenvalue weighted by atomic mass is 16.5. The number of benzene rings is 2. The summed E-state index contributed by atoms with van der Waals surface area (Å²) in [5.41, 5.74) is 5.81. The lowest BCUT2D eigenvalue weighted by Gasteiger charge is -2.52. The van der Waals surface area contributed by atoms with Crippen molar-refractivity contribution < 1.29 is 14.2 Å². The van der Waals surface area contributed by atoms with Gasteiger partial charge in [-0.3, -0.25) is 4.90 Å². The molecule has 2 atom stereocenters. The number of methoxy groups -OCH3 is 3. The minimum absolute atomic E-state index is 0.322. The average molecular weight is 492 g/mol. The van der Waals surface area contributed by atoms with Gasteiger partial charge in [0, 0.05) is 29.7 Å². The van der Waals surface area contributed by atoms with E-state index in [9.17, 15) is 0 Å². The zero-order valence-electron chi connectivity index (χ0n) is 22.3. The van der Waals surface area contributed by atoms with E-state index in [1.165, 1.54) is 55.4 Å². The Morgan fingerprint density at radius 1 is 1.06 bits per heavy atom. The summed E-state index contributed by atoms with van der Waals surface area (Å²) in [7, 11) is 4.96. The third-order valence-electron chi connectivity index (χ3n) is 8.62. The van der Waals surface area contributed by atoms with Crippen LogP contribution in [0.2, 0.25) is 0 Å². The van der Waals surface area contributed by atoms with Crippen molar-refractivity contribution in [1.29, 1.82) is 0 Å². The van der Waals surface area contributed by atoms with E-state index in [0.717, 1.165) is 31.5 Å². The van der Waals surface area contributed by atoms with E-state index < -0.39 is 0 Å². The second-order valence-corrected chi connectivity index (χ2v) is 10.4. The second kappa shape index (κ2) is 10.7. The van der Waals surface area contributed by atoms with Crippen molar-refractivity contribution in [3.05, 3.63) is 53.2 Å². The summed E-state index contributed by atoms with van der Waals surface area (Å²) in [6, 6.07) is 13.4. The van der Waals surface area contributed by atoms with Crippen LogP contribution in [0.1, 0.15) is 61.9 Å². The van der Waals surface area contributed by atoms with Gasteiger partial charge in [0.1, 0.15) is 0 Å². The van der Waals surface area contributed by atoms with Crippen LogP contribution in [0.25, 0.3) is 10.9 Å². The predicted molar refractivity (Wildman–Crippen MR) is 145 cm³/mol. The van der Waals surface area contributed by atoms with Crippen LogP contribution in [0, 0.1) is 5.41 Å². The second-order valence-electron chi connectivity index (χ2n) is 10.4. The maximum absolute atomic E-state index is 5.51. The predicted octanol–water partition coefficient (Wildman–Crippen LogP) is 5.85. The molecule has 0 aliphatic carbocycles. The maximum atomic E-state index is 5.51. The first kappa shape index (κ1) is 25.0. The van der Waals surface area contributed by atoms with Crippen molar-refractivity contribution >= 4 is 10.9 Å². The van der Waals surface area contributed by atoms with Gasteiger partial charge in [0.25, 0.3) is 0 Å². The lowest BCUT2D eigenvalue weighted by Crippen LogP contribution is -2.49. The molecular formula is C30H41N3O3. The molecule has 1 fully saturated rings. The number of hydrogen-bond donors (Lipinski definition) is 2. The van der Waals surface area contributed by atoms with Crippen LogP contribution in [-0.4, -0.2) is 50.8 Å². The molecule has 0 saturated carbocycles. The standard InChI is InChI=1S/C30H41N3O3/c1-5-30(13-8-15-31-20-21-18-25(34-2)28(36-4)26(19-21)35-3)14-9-16-33-17-12-23-22-10-6-7-11-24(22)32-27(23)29(30)33/h6-7,10-11,18-19,29,31-32H,5,8-9,12-17,20H2,1-4H3. The highest BCUT2D eigenvalue weighted by Crippen LogP contribution is 2.53. The molecule has 36 heavy (non-hydrogen) atoms. The van der Waals surface area contributed by atoms with Gasteiger partial charge in [-0.1, -0.05) is 25.1 Å². The first-order chi connectivity index (χ1) is 17.6. The van der Waals surface area contributed by atoms with Gasteiger partial charge in [0.2, 0.25) is 5.75 Å². The number of piperidine rings is 1. The van der Waals surface area contributed by atoms with E-state index in [1.54, 1.807) is 26.9 Å². The first-order valence-electron chi connectivity index (χ1n) is 13.5. The Morgan fingerprint density at radius 3 is 2.56 bits per heavy atom. The lowest BCUT2D eigenvalue weighted by atomic mass is 9.65. The van der Waals surface area contributed by atoms with Crippen molar-refractivity contribution in [2.45, 2.75) is 58.0 Å². The molecule has 3 aromatic rings. The number of rotatable bonds is 10. The van der Waals surface area contributed by atoms with Crippen LogP contribution in [0.3, 0.4) is 0 Å². The quantitative estimate of drug-likeness (QED) is 0.348. The van der Waals surface area contributed by atoms with E-state index in [-0.39, 0.29) is 0 Å². The Bertz CT molecular complexity index is 1160. The molecule has 0 spiro atoms. The molecule has 6 nitrogen and oxygen atoms in total. The van der Waals surface area contributed by atoms with E-state index in [1.807, 2.05) is 12.1 Å². The third kappa shape index (κ3) is 4.46. The maximum Gasteiger partial charge on any atom is 0.203 e. The number of aromatic nitrogens is 1. The number of ether oxygens (including phenoxy) is 3. The topological polar surface area (TPSA) is 58.8 Å². The van der Waals surface area contributed by atoms with Crippen LogP contribution < -0.4 is 19.5 Å². The van der Waals surface area contributed by atoms with Crippen LogP contribution in [0.4, 0.5) is 0 Å². The SMILES string of the molecule is CCC1(CCCNCc2cc(OC)c(OC)c(OC)c2)CCCN2CCc3c([nH]c4ccccc34)C21. The molecule has 2 N–H and O–H groups in total. The molecule has 0 radical (unpaired) electrons. The van der Waals surface area contributed by atoms with Crippen LogP contribution in [0.5, 0.6) is 17.2 Å². The minimum Gasteiger partial charge on any atom is -0.493 e. The Hall–Kier alpha value is -2.70. The molecule has 2 aliphatic heterocycles. The van der Waals surface area contributed by atoms with Gasteiger partial charge >= 0.3 is 0 Å². The van der Waals surface area contributed by atoms with Gasteiger partial charge in [-0.15, -0.1) is 0 Å². The zero-order valence-corrected chi connectivity index (χ0v) is 22.3. The van der Waals surface area contributed by atoms with Crippen molar-refractivity contribution in [3.8, 4) is 17.2 Å². The van der Waals surface area contributed by atoms with Gasteiger partial charge in [-0.25, -0.2) is 0 Å². The summed E-state index contributed by atoms with van der Waals surface area (Å²) in [6.07, 6.45) is 7.40. The van der Waals surface area contributed by atoms with Crippen LogP contribution >= 0.6 is 0 Å². The number of aromatic amines is 1. The number of hydrogen-bond acceptors (Lipinski definition) is 5. The zero-order chi connectivity index (χ0) is 25.1. The highest BCUT2D eigenvalue weighted by molar-refractivity contribution is 5.85. The van der Waals surface area contributed by atoms with Gasteiger partial charge in [-0.2, -0.15) is 0 Å². The summed E-state index contributed by atoms with van der Waals surface area (Å²) in [5, 5.41) is 5.09. The normalized spacial score (nSPS) is 21.7. The summed E-state index contributed by atoms with van der Waals surface area (Å²) >= 11 is 0. The van der Waals surface area contributed by atoms with Crippen molar-refractivity contribution in [1.82, 2.24) is 15.2 Å². The lowest BCUT2D eigenvalue weighted by molar-refractivity contribution is -0.00850. The summed E-state index contributed by atoms with van der Waals surface area (Å²) < 4.78 is 16.5. The number of nitrogens with one attached hydrogen (secondary N) is 2. The van der Waals surface area contributed by atoms with E-state index >= 15 is 0 Å². The minimum atomic E-state index is 0.322. The summed E-state index contributed by atoms with van der Waals surface area (Å²) in [5.74, 6) is 2.04. The Kier molecular flexibility index (Phi) is 7.44. The molecular weight excluding hydrogens is 450 g/mol. The molecule has 194 valence electrons. The van der Waals surface area contributed by atoms with Gasteiger partial charge in [0.15, 0.2) is 11.5 Å². The number of fused-ring (bicyclic) bond motifs is 5. The largest absolute Gasteiger partial charge is 0.493 e. The fourth-order valence-corrected chi connectivity index (χ4v) is 6.84. The number of para-hydroxylation sites is 1. The Labute approximate surface area is 215 Å². The Morgan fingerprint density at radius 2 is 1.83 bits per heavy atom. The number of H-pyrrole nitrogens is 1. The average Bonchev–Trinajstić information content (AvgIpc) is 3.30. The van der Waals surface area contributed by atoms with Crippen LogP contribution in [0.15, 0.2) is 36.4 Å². The molecule has 0 bridgehead atoms. The summed E-state index contributed by atoms with van der Waals surface area (Å²) in [4.78, 5) is 6.64.